The number of amides is 1. The molecule has 5 nitrogen and oxygen atoms in total. The van der Waals surface area contributed by atoms with Gasteiger partial charge < -0.3 is 14.7 Å². The molecule has 0 aliphatic carbocycles. The molecule has 0 bridgehead atoms. The van der Waals surface area contributed by atoms with Crippen LogP contribution in [0, 0.1) is 12.7 Å². The summed E-state index contributed by atoms with van der Waals surface area (Å²) in [4.78, 5) is 25.9. The SMILES string of the molecule is Cc1c(C(=O)N2CC(C(=O)O)O[C@H](C)C2)sc2cccc(F)c12. The van der Waals surface area contributed by atoms with Crippen LogP contribution in [0.25, 0.3) is 10.1 Å². The first kappa shape index (κ1) is 15.9. The summed E-state index contributed by atoms with van der Waals surface area (Å²) >= 11 is 1.23. The maximum atomic E-state index is 14.0. The zero-order chi connectivity index (χ0) is 16.7. The first-order valence-electron chi connectivity index (χ1n) is 7.23. The van der Waals surface area contributed by atoms with Crippen LogP contribution in [0.1, 0.15) is 22.2 Å². The normalized spacial score (nSPS) is 21.6. The monoisotopic (exact) mass is 337 g/mol. The van der Waals surface area contributed by atoms with E-state index in [9.17, 15) is 14.0 Å². The smallest absolute Gasteiger partial charge is 0.334 e. The van der Waals surface area contributed by atoms with Crippen LogP contribution < -0.4 is 0 Å². The first-order valence-corrected chi connectivity index (χ1v) is 8.05. The zero-order valence-corrected chi connectivity index (χ0v) is 13.5. The van der Waals surface area contributed by atoms with E-state index < -0.39 is 12.1 Å². The Morgan fingerprint density at radius 1 is 1.39 bits per heavy atom. The van der Waals surface area contributed by atoms with E-state index in [-0.39, 0.29) is 24.4 Å². The molecule has 1 fully saturated rings. The highest BCUT2D eigenvalue weighted by molar-refractivity contribution is 7.21. The third-order valence-corrected chi connectivity index (χ3v) is 5.17. The van der Waals surface area contributed by atoms with Crippen molar-refractivity contribution in [3.63, 3.8) is 0 Å². The van der Waals surface area contributed by atoms with Crippen LogP contribution >= 0.6 is 11.3 Å². The van der Waals surface area contributed by atoms with Gasteiger partial charge in [-0.2, -0.15) is 0 Å². The van der Waals surface area contributed by atoms with Crippen LogP contribution in [-0.2, 0) is 9.53 Å². The second kappa shape index (κ2) is 5.90. The van der Waals surface area contributed by atoms with Gasteiger partial charge in [0.1, 0.15) is 5.82 Å². The highest BCUT2D eigenvalue weighted by atomic mass is 32.1. The number of morpholine rings is 1. The number of aliphatic carboxylic acids is 1. The van der Waals surface area contributed by atoms with Crippen molar-refractivity contribution >= 4 is 33.3 Å². The maximum absolute atomic E-state index is 14.0. The summed E-state index contributed by atoms with van der Waals surface area (Å²) < 4.78 is 20.0. The fraction of sp³-hybridized carbons (Fsp3) is 0.375. The average Bonchev–Trinajstić information content (AvgIpc) is 2.84. The molecule has 2 atom stereocenters. The van der Waals surface area contributed by atoms with Gasteiger partial charge in [-0.15, -0.1) is 11.3 Å². The highest BCUT2D eigenvalue weighted by Crippen LogP contribution is 2.33. The fourth-order valence-corrected chi connectivity index (χ4v) is 4.05. The van der Waals surface area contributed by atoms with Gasteiger partial charge in [0.05, 0.1) is 17.5 Å². The van der Waals surface area contributed by atoms with E-state index in [0.29, 0.717) is 27.1 Å². The molecule has 0 saturated carbocycles. The largest absolute Gasteiger partial charge is 0.479 e. The number of thiophene rings is 1. The molecule has 2 aromatic rings. The Kier molecular flexibility index (Phi) is 4.08. The molecule has 1 aliphatic heterocycles. The third-order valence-electron chi connectivity index (χ3n) is 3.92. The summed E-state index contributed by atoms with van der Waals surface area (Å²) in [7, 11) is 0. The molecule has 1 aliphatic rings. The Balaban J connectivity index is 1.95. The summed E-state index contributed by atoms with van der Waals surface area (Å²) in [6, 6.07) is 4.75. The predicted octanol–water partition coefficient (Wildman–Crippen LogP) is 2.66. The van der Waals surface area contributed by atoms with Crippen molar-refractivity contribution in [2.24, 2.45) is 0 Å². The summed E-state index contributed by atoms with van der Waals surface area (Å²) in [5.41, 5.74) is 0.596. The minimum atomic E-state index is -1.09. The van der Waals surface area contributed by atoms with Crippen LogP contribution in [0.4, 0.5) is 4.39 Å². The van der Waals surface area contributed by atoms with Crippen molar-refractivity contribution in [1.82, 2.24) is 4.90 Å². The minimum Gasteiger partial charge on any atom is -0.479 e. The van der Waals surface area contributed by atoms with E-state index in [0.717, 1.165) is 0 Å². The van der Waals surface area contributed by atoms with E-state index in [4.69, 9.17) is 9.84 Å². The number of hydrogen-bond acceptors (Lipinski definition) is 4. The van der Waals surface area contributed by atoms with Gasteiger partial charge in [0, 0.05) is 16.6 Å². The molecule has 1 saturated heterocycles. The molecule has 122 valence electrons. The Bertz CT molecular complexity index is 788. The number of carboxylic acids is 1. The van der Waals surface area contributed by atoms with E-state index >= 15 is 0 Å². The van der Waals surface area contributed by atoms with Crippen LogP contribution in [-0.4, -0.2) is 47.2 Å². The standard InChI is InChI=1S/C16H16FNO4S/c1-8-6-18(7-11(22-8)16(20)21)15(19)14-9(2)13-10(17)4-3-5-12(13)23-14/h3-5,8,11H,6-7H2,1-2H3,(H,20,21)/t8-,11?/m1/s1. The van der Waals surface area contributed by atoms with Crippen LogP contribution in [0.2, 0.25) is 0 Å². The van der Waals surface area contributed by atoms with Gasteiger partial charge in [-0.25, -0.2) is 9.18 Å². The zero-order valence-electron chi connectivity index (χ0n) is 12.7. The molecular formula is C16H16FNO4S. The lowest BCUT2D eigenvalue weighted by molar-refractivity contribution is -0.160. The molecule has 2 heterocycles. The molecule has 1 N–H and O–H groups in total. The van der Waals surface area contributed by atoms with Gasteiger partial charge in [-0.3, -0.25) is 4.79 Å². The van der Waals surface area contributed by atoms with Crippen molar-refractivity contribution < 1.29 is 23.8 Å². The lowest BCUT2D eigenvalue weighted by atomic mass is 10.1. The number of benzene rings is 1. The number of hydrogen-bond donors (Lipinski definition) is 1. The number of nitrogens with zero attached hydrogens (tertiary/aromatic N) is 1. The second-order valence-electron chi connectivity index (χ2n) is 5.65. The number of carbonyl (C=O) groups is 2. The number of halogens is 1. The predicted molar refractivity (Wildman–Crippen MR) is 84.4 cm³/mol. The minimum absolute atomic E-state index is 0.00528. The van der Waals surface area contributed by atoms with E-state index in [1.54, 1.807) is 26.0 Å². The molecule has 1 unspecified atom stereocenters. The van der Waals surface area contributed by atoms with Crippen LogP contribution in [0.15, 0.2) is 18.2 Å². The number of fused-ring (bicyclic) bond motifs is 1. The van der Waals surface area contributed by atoms with Crippen molar-refractivity contribution in [3.05, 3.63) is 34.5 Å². The molecule has 23 heavy (non-hydrogen) atoms. The van der Waals surface area contributed by atoms with Gasteiger partial charge >= 0.3 is 5.97 Å². The Labute approximate surface area is 136 Å². The summed E-state index contributed by atoms with van der Waals surface area (Å²) in [5, 5.41) is 9.58. The maximum Gasteiger partial charge on any atom is 0.334 e. The van der Waals surface area contributed by atoms with Gasteiger partial charge in [0.2, 0.25) is 0 Å². The lowest BCUT2D eigenvalue weighted by Crippen LogP contribution is -2.51. The second-order valence-corrected chi connectivity index (χ2v) is 6.71. The summed E-state index contributed by atoms with van der Waals surface area (Å²) in [6.07, 6.45) is -1.39. The highest BCUT2D eigenvalue weighted by Gasteiger charge is 2.34. The van der Waals surface area contributed by atoms with Gasteiger partial charge in [0.15, 0.2) is 6.10 Å². The molecule has 1 aromatic heterocycles. The van der Waals surface area contributed by atoms with E-state index in [1.165, 1.54) is 22.3 Å². The van der Waals surface area contributed by atoms with Crippen LogP contribution in [0.3, 0.4) is 0 Å². The fourth-order valence-electron chi connectivity index (χ4n) is 2.85. The van der Waals surface area contributed by atoms with Crippen molar-refractivity contribution in [1.29, 1.82) is 0 Å². The number of carboxylic acid groups (broad SMARTS) is 1. The Morgan fingerprint density at radius 3 is 2.78 bits per heavy atom. The quantitative estimate of drug-likeness (QED) is 0.915. The van der Waals surface area contributed by atoms with Gasteiger partial charge in [-0.05, 0) is 31.5 Å². The van der Waals surface area contributed by atoms with E-state index in [1.807, 2.05) is 0 Å². The molecular weight excluding hydrogens is 321 g/mol. The average molecular weight is 337 g/mol. The van der Waals surface area contributed by atoms with Gasteiger partial charge in [0.25, 0.3) is 5.91 Å². The number of rotatable bonds is 2. The third kappa shape index (κ3) is 2.82. The van der Waals surface area contributed by atoms with Crippen molar-refractivity contribution in [2.75, 3.05) is 13.1 Å². The number of ether oxygens (including phenoxy) is 1. The number of aryl methyl sites for hydroxylation is 1. The first-order chi connectivity index (χ1) is 10.9. The molecule has 0 radical (unpaired) electrons. The molecule has 1 aromatic carbocycles. The summed E-state index contributed by atoms with van der Waals surface area (Å²) in [6.45, 7) is 3.76. The van der Waals surface area contributed by atoms with Crippen LogP contribution in [0.5, 0.6) is 0 Å². The number of carbonyl (C=O) groups excluding carboxylic acids is 1. The lowest BCUT2D eigenvalue weighted by Gasteiger charge is -2.34. The molecule has 3 rings (SSSR count). The van der Waals surface area contributed by atoms with Gasteiger partial charge in [-0.1, -0.05) is 6.07 Å². The topological polar surface area (TPSA) is 66.8 Å². The summed E-state index contributed by atoms with van der Waals surface area (Å²) in [5.74, 6) is -1.72. The Hall–Kier alpha value is -1.99. The van der Waals surface area contributed by atoms with Crippen molar-refractivity contribution in [2.45, 2.75) is 26.1 Å². The van der Waals surface area contributed by atoms with E-state index in [2.05, 4.69) is 0 Å². The molecule has 7 heteroatoms. The Morgan fingerprint density at radius 2 is 2.13 bits per heavy atom. The molecule has 1 amide bonds. The molecule has 0 spiro atoms. The van der Waals surface area contributed by atoms with Crippen molar-refractivity contribution in [3.8, 4) is 0 Å².